The Morgan fingerprint density at radius 2 is 1.88 bits per heavy atom. The van der Waals surface area contributed by atoms with Crippen molar-refractivity contribution in [2.75, 3.05) is 17.5 Å². The number of hydrogen-bond acceptors (Lipinski definition) is 4. The molecule has 0 aliphatic rings. The molecule has 0 N–H and O–H groups in total. The zero-order valence-electron chi connectivity index (χ0n) is 14.6. The highest BCUT2D eigenvalue weighted by atomic mass is 35.5. The Labute approximate surface area is 158 Å². The number of ether oxygens (including phenoxy) is 1. The third-order valence-corrected chi connectivity index (χ3v) is 5.76. The molecule has 2 aromatic rings. The first-order chi connectivity index (χ1) is 12.3. The van der Waals surface area contributed by atoms with Crippen molar-refractivity contribution in [2.24, 2.45) is 0 Å². The van der Waals surface area contributed by atoms with Gasteiger partial charge in [-0.1, -0.05) is 35.4 Å². The van der Waals surface area contributed by atoms with E-state index in [9.17, 15) is 13.2 Å². The van der Waals surface area contributed by atoms with Crippen molar-refractivity contribution in [1.82, 2.24) is 0 Å². The fourth-order valence-electron chi connectivity index (χ4n) is 2.33. The molecule has 0 saturated carbocycles. The third-order valence-electron chi connectivity index (χ3n) is 3.64. The number of carbonyl (C=O) groups excluding carboxylic acids is 1. The molecule has 0 unspecified atom stereocenters. The third kappa shape index (κ3) is 4.26. The summed E-state index contributed by atoms with van der Waals surface area (Å²) in [5.74, 6) is -0.555. The van der Waals surface area contributed by atoms with Crippen LogP contribution in [0.2, 0.25) is 5.02 Å². The summed E-state index contributed by atoms with van der Waals surface area (Å²) in [4.78, 5) is 12.0. The molecule has 0 aliphatic heterocycles. The maximum Gasteiger partial charge on any atom is 0.339 e. The Kier molecular flexibility index (Phi) is 6.45. The van der Waals surface area contributed by atoms with Crippen LogP contribution in [0.15, 0.2) is 60.0 Å². The second kappa shape index (κ2) is 8.38. The van der Waals surface area contributed by atoms with Gasteiger partial charge in [0.1, 0.15) is 0 Å². The van der Waals surface area contributed by atoms with Gasteiger partial charge in [0.25, 0.3) is 10.0 Å². The molecule has 0 aromatic heterocycles. The van der Waals surface area contributed by atoms with Crippen molar-refractivity contribution in [1.29, 1.82) is 0 Å². The van der Waals surface area contributed by atoms with Gasteiger partial charge in [-0.3, -0.25) is 4.31 Å². The molecule has 26 heavy (non-hydrogen) atoms. The van der Waals surface area contributed by atoms with E-state index in [0.717, 1.165) is 5.56 Å². The van der Waals surface area contributed by atoms with E-state index in [1.165, 1.54) is 28.6 Å². The van der Waals surface area contributed by atoms with Crippen LogP contribution in [0.1, 0.15) is 22.8 Å². The Morgan fingerprint density at radius 3 is 2.42 bits per heavy atom. The topological polar surface area (TPSA) is 63.7 Å². The summed E-state index contributed by atoms with van der Waals surface area (Å²) < 4.78 is 32.1. The number of benzene rings is 2. The number of hydrogen-bond donors (Lipinski definition) is 0. The van der Waals surface area contributed by atoms with Crippen molar-refractivity contribution >= 4 is 33.3 Å². The predicted molar refractivity (Wildman–Crippen MR) is 103 cm³/mol. The molecule has 5 nitrogen and oxygen atoms in total. The average molecular weight is 394 g/mol. The minimum Gasteiger partial charge on any atom is -0.462 e. The van der Waals surface area contributed by atoms with Gasteiger partial charge < -0.3 is 4.74 Å². The highest BCUT2D eigenvalue weighted by molar-refractivity contribution is 7.92. The quantitative estimate of drug-likeness (QED) is 0.522. The summed E-state index contributed by atoms with van der Waals surface area (Å²) in [6, 6.07) is 11.0. The molecule has 138 valence electrons. The average Bonchev–Trinajstić information content (AvgIpc) is 2.60. The number of esters is 1. The van der Waals surface area contributed by atoms with E-state index in [2.05, 4.69) is 6.58 Å². The molecule has 0 saturated heterocycles. The molecule has 2 rings (SSSR count). The monoisotopic (exact) mass is 393 g/mol. The van der Waals surface area contributed by atoms with E-state index in [-0.39, 0.29) is 28.6 Å². The standard InChI is InChI=1S/C19H20ClNO4S/c1-4-12-21(26(23,24)16-9-6-14(3)7-10-16)15-8-11-17(18(20)13-15)19(22)25-5-2/h4,6-11,13H,1,5,12H2,2-3H3. The van der Waals surface area contributed by atoms with E-state index < -0.39 is 16.0 Å². The van der Waals surface area contributed by atoms with Crippen LogP contribution in [0.3, 0.4) is 0 Å². The first-order valence-electron chi connectivity index (χ1n) is 7.98. The number of anilines is 1. The minimum absolute atomic E-state index is 0.0608. The Hall–Kier alpha value is -2.31. The fraction of sp³-hybridized carbons (Fsp3) is 0.211. The summed E-state index contributed by atoms with van der Waals surface area (Å²) in [7, 11) is -3.81. The first kappa shape index (κ1) is 20.0. The smallest absolute Gasteiger partial charge is 0.339 e. The van der Waals surface area contributed by atoms with Crippen molar-refractivity contribution in [3.05, 3.63) is 71.3 Å². The van der Waals surface area contributed by atoms with Crippen LogP contribution in [-0.4, -0.2) is 27.5 Å². The number of sulfonamides is 1. The Morgan fingerprint density at radius 1 is 1.23 bits per heavy atom. The molecule has 0 aliphatic carbocycles. The molecule has 0 amide bonds. The first-order valence-corrected chi connectivity index (χ1v) is 9.80. The van der Waals surface area contributed by atoms with E-state index >= 15 is 0 Å². The molecule has 0 fully saturated rings. The lowest BCUT2D eigenvalue weighted by Crippen LogP contribution is -2.31. The van der Waals surface area contributed by atoms with E-state index in [0.29, 0.717) is 5.69 Å². The maximum atomic E-state index is 13.0. The predicted octanol–water partition coefficient (Wildman–Crippen LogP) is 4.21. The number of rotatable bonds is 7. The van der Waals surface area contributed by atoms with Crippen molar-refractivity contribution in [3.63, 3.8) is 0 Å². The van der Waals surface area contributed by atoms with E-state index in [1.54, 1.807) is 31.2 Å². The maximum absolute atomic E-state index is 13.0. The van der Waals surface area contributed by atoms with Gasteiger partial charge in [0.15, 0.2) is 0 Å². The molecule has 7 heteroatoms. The van der Waals surface area contributed by atoms with Gasteiger partial charge in [0.05, 0.1) is 34.3 Å². The number of carbonyl (C=O) groups is 1. The minimum atomic E-state index is -3.81. The Bertz CT molecular complexity index is 908. The van der Waals surface area contributed by atoms with Gasteiger partial charge in [0, 0.05) is 0 Å². The molecule has 0 heterocycles. The lowest BCUT2D eigenvalue weighted by Gasteiger charge is -2.23. The van der Waals surface area contributed by atoms with Crippen LogP contribution in [0, 0.1) is 6.92 Å². The highest BCUT2D eigenvalue weighted by Crippen LogP contribution is 2.29. The van der Waals surface area contributed by atoms with Crippen LogP contribution in [0.4, 0.5) is 5.69 Å². The summed E-state index contributed by atoms with van der Waals surface area (Å²) in [6.45, 7) is 7.49. The number of aryl methyl sites for hydroxylation is 1. The van der Waals surface area contributed by atoms with Crippen molar-refractivity contribution in [2.45, 2.75) is 18.7 Å². The van der Waals surface area contributed by atoms with Crippen LogP contribution < -0.4 is 4.31 Å². The summed E-state index contributed by atoms with van der Waals surface area (Å²) in [6.07, 6.45) is 1.49. The summed E-state index contributed by atoms with van der Waals surface area (Å²) in [5, 5.41) is 0.120. The summed E-state index contributed by atoms with van der Waals surface area (Å²) in [5.41, 5.74) is 1.48. The van der Waals surface area contributed by atoms with Crippen molar-refractivity contribution < 1.29 is 17.9 Å². The Balaban J connectivity index is 2.47. The molecule has 2 aromatic carbocycles. The zero-order chi connectivity index (χ0) is 19.3. The molecule has 0 spiro atoms. The van der Waals surface area contributed by atoms with Crippen molar-refractivity contribution in [3.8, 4) is 0 Å². The van der Waals surface area contributed by atoms with Crippen LogP contribution in [-0.2, 0) is 14.8 Å². The lowest BCUT2D eigenvalue weighted by molar-refractivity contribution is 0.0526. The summed E-state index contributed by atoms with van der Waals surface area (Å²) >= 11 is 6.17. The van der Waals surface area contributed by atoms with Gasteiger partial charge in [-0.25, -0.2) is 13.2 Å². The van der Waals surface area contributed by atoms with E-state index in [4.69, 9.17) is 16.3 Å². The SMILES string of the molecule is C=CCN(c1ccc(C(=O)OCC)c(Cl)c1)S(=O)(=O)c1ccc(C)cc1. The lowest BCUT2D eigenvalue weighted by atomic mass is 10.2. The normalized spacial score (nSPS) is 11.0. The van der Waals surface area contributed by atoms with Crippen LogP contribution in [0.25, 0.3) is 0 Å². The van der Waals surface area contributed by atoms with Crippen LogP contribution in [0.5, 0.6) is 0 Å². The molecule has 0 atom stereocenters. The number of halogens is 1. The molecular weight excluding hydrogens is 374 g/mol. The number of nitrogens with zero attached hydrogens (tertiary/aromatic N) is 1. The van der Waals surface area contributed by atoms with Crippen LogP contribution >= 0.6 is 11.6 Å². The van der Waals surface area contributed by atoms with Gasteiger partial charge in [-0.05, 0) is 44.2 Å². The highest BCUT2D eigenvalue weighted by Gasteiger charge is 2.25. The van der Waals surface area contributed by atoms with Gasteiger partial charge in [-0.15, -0.1) is 6.58 Å². The second-order valence-corrected chi connectivity index (χ2v) is 7.79. The van der Waals surface area contributed by atoms with Gasteiger partial charge in [-0.2, -0.15) is 0 Å². The largest absolute Gasteiger partial charge is 0.462 e. The van der Waals surface area contributed by atoms with E-state index in [1.807, 2.05) is 6.92 Å². The molecule has 0 radical (unpaired) electrons. The fourth-order valence-corrected chi connectivity index (χ4v) is 4.01. The second-order valence-electron chi connectivity index (χ2n) is 5.52. The zero-order valence-corrected chi connectivity index (χ0v) is 16.2. The van der Waals surface area contributed by atoms with Gasteiger partial charge in [0.2, 0.25) is 0 Å². The van der Waals surface area contributed by atoms with Gasteiger partial charge >= 0.3 is 5.97 Å². The molecular formula is C19H20ClNO4S. The molecule has 0 bridgehead atoms.